The summed E-state index contributed by atoms with van der Waals surface area (Å²) >= 11 is 0. The van der Waals surface area contributed by atoms with Gasteiger partial charge in [0.25, 0.3) is 0 Å². The van der Waals surface area contributed by atoms with Crippen molar-refractivity contribution >= 4 is 29.9 Å². The van der Waals surface area contributed by atoms with Crippen LogP contribution >= 0.6 is 12.4 Å². The average Bonchev–Trinajstić information content (AvgIpc) is 3.32. The van der Waals surface area contributed by atoms with Crippen LogP contribution in [0.3, 0.4) is 0 Å². The van der Waals surface area contributed by atoms with E-state index in [0.29, 0.717) is 24.2 Å². The molecule has 196 valence electrons. The molecule has 4 rings (SSSR count). The second kappa shape index (κ2) is 10.8. The van der Waals surface area contributed by atoms with E-state index in [0.717, 1.165) is 41.9 Å². The topological polar surface area (TPSA) is 72.9 Å². The fraction of sp³-hybridized carbons (Fsp3) is 0.517. The lowest BCUT2D eigenvalue weighted by Crippen LogP contribution is -2.53. The van der Waals surface area contributed by atoms with Crippen molar-refractivity contribution in [3.8, 4) is 5.75 Å². The number of amides is 2. The van der Waals surface area contributed by atoms with Gasteiger partial charge in [-0.15, -0.1) is 12.4 Å². The Bertz CT molecular complexity index is 1150. The van der Waals surface area contributed by atoms with E-state index in [1.54, 1.807) is 11.0 Å². The van der Waals surface area contributed by atoms with E-state index >= 15 is 0 Å². The van der Waals surface area contributed by atoms with E-state index in [2.05, 4.69) is 28.4 Å². The first kappa shape index (κ1) is 28.0. The number of phenolic OH excluding ortho intramolecular Hbond substituents is 1. The molecule has 1 atom stereocenters. The standard InChI is InChI=1S/C29H39N3O3.ClH/c1-18-13-24(19(2)20(3)26(18)33)30-27(34)25-15-22-10-9-21(16-31-11-7-8-12-31)14-23(22)17-32(25)28(35)29(4,5)6;/h9-10,13-14,25,33H,7-8,11-12,15-17H2,1-6H3,(H,30,34);1H/t25-;/m0./s1. The van der Waals surface area contributed by atoms with Crippen LogP contribution in [-0.2, 0) is 29.1 Å². The number of carbonyl (C=O) groups excluding carboxylic acids is 2. The molecule has 1 saturated heterocycles. The zero-order valence-corrected chi connectivity index (χ0v) is 23.2. The van der Waals surface area contributed by atoms with Gasteiger partial charge in [0.1, 0.15) is 11.8 Å². The van der Waals surface area contributed by atoms with Gasteiger partial charge < -0.3 is 15.3 Å². The summed E-state index contributed by atoms with van der Waals surface area (Å²) in [5, 5.41) is 13.3. The van der Waals surface area contributed by atoms with Crippen molar-refractivity contribution in [1.29, 1.82) is 0 Å². The lowest BCUT2D eigenvalue weighted by Gasteiger charge is -2.39. The molecular weight excluding hydrogens is 474 g/mol. The fourth-order valence-electron chi connectivity index (χ4n) is 5.23. The Labute approximate surface area is 221 Å². The van der Waals surface area contributed by atoms with Gasteiger partial charge in [-0.2, -0.15) is 0 Å². The van der Waals surface area contributed by atoms with Crippen molar-refractivity contribution in [2.24, 2.45) is 5.41 Å². The molecule has 0 aliphatic carbocycles. The maximum atomic E-state index is 13.6. The monoisotopic (exact) mass is 513 g/mol. The summed E-state index contributed by atoms with van der Waals surface area (Å²) in [6.07, 6.45) is 3.01. The smallest absolute Gasteiger partial charge is 0.247 e. The third-order valence-corrected chi connectivity index (χ3v) is 7.52. The number of aromatic hydroxyl groups is 1. The van der Waals surface area contributed by atoms with Crippen molar-refractivity contribution in [3.63, 3.8) is 0 Å². The highest BCUT2D eigenvalue weighted by molar-refractivity contribution is 5.99. The predicted molar refractivity (Wildman–Crippen MR) is 147 cm³/mol. The van der Waals surface area contributed by atoms with Crippen LogP contribution in [0.1, 0.15) is 67.0 Å². The van der Waals surface area contributed by atoms with Crippen LogP contribution < -0.4 is 5.32 Å². The Morgan fingerprint density at radius 2 is 1.69 bits per heavy atom. The lowest BCUT2D eigenvalue weighted by molar-refractivity contribution is -0.146. The number of nitrogens with one attached hydrogen (secondary N) is 1. The molecule has 7 heteroatoms. The Morgan fingerprint density at radius 1 is 1.03 bits per heavy atom. The number of rotatable bonds is 4. The Kier molecular flexibility index (Phi) is 8.41. The highest BCUT2D eigenvalue weighted by Gasteiger charge is 2.39. The zero-order valence-electron chi connectivity index (χ0n) is 22.4. The van der Waals surface area contributed by atoms with Crippen LogP contribution in [0.25, 0.3) is 0 Å². The molecule has 0 spiro atoms. The second-order valence-electron chi connectivity index (χ2n) is 11.3. The summed E-state index contributed by atoms with van der Waals surface area (Å²) in [5.74, 6) is 0.0337. The number of aryl methyl sites for hydroxylation is 1. The predicted octanol–water partition coefficient (Wildman–Crippen LogP) is 5.27. The van der Waals surface area contributed by atoms with Gasteiger partial charge in [-0.25, -0.2) is 0 Å². The Balaban J connectivity index is 0.00000361. The number of anilines is 1. The quantitative estimate of drug-likeness (QED) is 0.546. The van der Waals surface area contributed by atoms with Crippen LogP contribution in [0.2, 0.25) is 0 Å². The van der Waals surface area contributed by atoms with E-state index in [1.165, 1.54) is 18.4 Å². The molecule has 2 amide bonds. The summed E-state index contributed by atoms with van der Waals surface area (Å²) in [6.45, 7) is 14.9. The maximum Gasteiger partial charge on any atom is 0.247 e. The molecule has 36 heavy (non-hydrogen) atoms. The molecule has 0 saturated carbocycles. The SMILES string of the molecule is Cc1cc(NC(=O)[C@@H]2Cc3ccc(CN4CCCC4)cc3CN2C(=O)C(C)(C)C)c(C)c(C)c1O.Cl. The first-order chi connectivity index (χ1) is 16.5. The van der Waals surface area contributed by atoms with Crippen LogP contribution in [0.5, 0.6) is 5.75 Å². The van der Waals surface area contributed by atoms with E-state index < -0.39 is 11.5 Å². The van der Waals surface area contributed by atoms with Crippen LogP contribution in [0.4, 0.5) is 5.69 Å². The van der Waals surface area contributed by atoms with Crippen LogP contribution in [0.15, 0.2) is 24.3 Å². The molecule has 6 nitrogen and oxygen atoms in total. The molecule has 2 aliphatic rings. The molecule has 2 aliphatic heterocycles. The molecule has 2 aromatic rings. The van der Waals surface area contributed by atoms with Gasteiger partial charge >= 0.3 is 0 Å². The number of hydrogen-bond acceptors (Lipinski definition) is 4. The van der Waals surface area contributed by atoms with Gasteiger partial charge in [-0.3, -0.25) is 14.5 Å². The number of nitrogens with zero attached hydrogens (tertiary/aromatic N) is 2. The zero-order chi connectivity index (χ0) is 25.5. The summed E-state index contributed by atoms with van der Waals surface area (Å²) in [6, 6.07) is 7.74. The van der Waals surface area contributed by atoms with E-state index in [-0.39, 0.29) is 30.0 Å². The van der Waals surface area contributed by atoms with Crippen LogP contribution in [0, 0.1) is 26.2 Å². The number of halogens is 1. The molecule has 2 heterocycles. The molecule has 0 aromatic heterocycles. The largest absolute Gasteiger partial charge is 0.507 e. The van der Waals surface area contributed by atoms with Crippen LogP contribution in [-0.4, -0.2) is 45.9 Å². The number of benzene rings is 2. The number of carbonyl (C=O) groups is 2. The van der Waals surface area contributed by atoms with E-state index in [9.17, 15) is 14.7 Å². The highest BCUT2D eigenvalue weighted by atomic mass is 35.5. The number of likely N-dealkylation sites (tertiary alicyclic amines) is 1. The first-order valence-electron chi connectivity index (χ1n) is 12.7. The minimum atomic E-state index is -0.592. The van der Waals surface area contributed by atoms with Gasteiger partial charge in [0.15, 0.2) is 0 Å². The first-order valence-corrected chi connectivity index (χ1v) is 12.7. The summed E-state index contributed by atoms with van der Waals surface area (Å²) in [5.41, 5.74) is 5.91. The van der Waals surface area contributed by atoms with Gasteiger partial charge in [0.2, 0.25) is 11.8 Å². The van der Waals surface area contributed by atoms with Gasteiger partial charge in [0, 0.05) is 30.6 Å². The number of hydrogen-bond donors (Lipinski definition) is 2. The third-order valence-electron chi connectivity index (χ3n) is 7.52. The van der Waals surface area contributed by atoms with Gasteiger partial charge in [-0.1, -0.05) is 39.0 Å². The Hall–Kier alpha value is -2.57. The van der Waals surface area contributed by atoms with Crippen molar-refractivity contribution in [2.75, 3.05) is 18.4 Å². The van der Waals surface area contributed by atoms with Crippen molar-refractivity contribution in [2.45, 2.75) is 79.9 Å². The third kappa shape index (κ3) is 5.70. The van der Waals surface area contributed by atoms with E-state index in [1.807, 2.05) is 41.5 Å². The number of phenols is 1. The van der Waals surface area contributed by atoms with Crippen molar-refractivity contribution in [3.05, 3.63) is 57.6 Å². The average molecular weight is 514 g/mol. The second-order valence-corrected chi connectivity index (χ2v) is 11.3. The molecule has 1 fully saturated rings. The summed E-state index contributed by atoms with van der Waals surface area (Å²) in [4.78, 5) is 31.3. The van der Waals surface area contributed by atoms with Crippen molar-refractivity contribution in [1.82, 2.24) is 9.80 Å². The molecule has 2 N–H and O–H groups in total. The summed E-state index contributed by atoms with van der Waals surface area (Å²) in [7, 11) is 0. The van der Waals surface area contributed by atoms with Crippen molar-refractivity contribution < 1.29 is 14.7 Å². The molecular formula is C29H40ClN3O3. The Morgan fingerprint density at radius 3 is 2.33 bits per heavy atom. The molecule has 0 bridgehead atoms. The minimum Gasteiger partial charge on any atom is -0.507 e. The summed E-state index contributed by atoms with van der Waals surface area (Å²) < 4.78 is 0. The molecule has 0 unspecified atom stereocenters. The number of fused-ring (bicyclic) bond motifs is 1. The minimum absolute atomic E-state index is 0. The molecule has 0 radical (unpaired) electrons. The van der Waals surface area contributed by atoms with E-state index in [4.69, 9.17) is 0 Å². The highest BCUT2D eigenvalue weighted by Crippen LogP contribution is 2.33. The maximum absolute atomic E-state index is 13.6. The molecule has 2 aromatic carbocycles. The lowest BCUT2D eigenvalue weighted by atomic mass is 9.87. The fourth-order valence-corrected chi connectivity index (χ4v) is 5.23. The van der Waals surface area contributed by atoms with Gasteiger partial charge in [-0.05, 0) is 86.1 Å². The van der Waals surface area contributed by atoms with Gasteiger partial charge in [0.05, 0.1) is 0 Å². The normalized spacial score (nSPS) is 17.9.